The molecule has 0 amide bonds. The number of esters is 1. The molecule has 8 nitrogen and oxygen atoms in total. The summed E-state index contributed by atoms with van der Waals surface area (Å²) in [5.41, 5.74) is 2.81. The summed E-state index contributed by atoms with van der Waals surface area (Å²) < 4.78 is 7.09. The topological polar surface area (TPSA) is 93.4 Å². The number of imidazole rings is 1. The van der Waals surface area contributed by atoms with Gasteiger partial charge < -0.3 is 19.9 Å². The van der Waals surface area contributed by atoms with E-state index in [4.69, 9.17) is 9.73 Å². The second-order valence-electron chi connectivity index (χ2n) is 6.85. The summed E-state index contributed by atoms with van der Waals surface area (Å²) >= 11 is 1.35. The lowest BCUT2D eigenvalue weighted by molar-refractivity contribution is 0.0531. The number of nitrogens with one attached hydrogen (secondary N) is 2. The third-order valence-corrected chi connectivity index (χ3v) is 5.84. The molecule has 0 saturated heterocycles. The second kappa shape index (κ2) is 10.7. The third-order valence-electron chi connectivity index (χ3n) is 4.52. The second-order valence-corrected chi connectivity index (χ2v) is 7.88. The normalized spacial score (nSPS) is 12.5. The average molecular weight is 441 g/mol. The number of nitrogens with zero attached hydrogens (tertiary/aromatic N) is 4. The number of para-hydroxylation sites is 1. The van der Waals surface area contributed by atoms with E-state index in [0.717, 1.165) is 22.8 Å². The highest BCUT2D eigenvalue weighted by Gasteiger charge is 2.20. The Hall–Kier alpha value is -3.20. The SMILES string of the molecule is CCNC(=NCc1ccccc1-n1ccnc1)NC(C)c1nc(C)c(C(=O)OCC)s1. The van der Waals surface area contributed by atoms with Gasteiger partial charge in [0.15, 0.2) is 5.96 Å². The van der Waals surface area contributed by atoms with Crippen molar-refractivity contribution in [3.63, 3.8) is 0 Å². The van der Waals surface area contributed by atoms with E-state index in [2.05, 4.69) is 26.7 Å². The molecule has 1 unspecified atom stereocenters. The third kappa shape index (κ3) is 5.69. The minimum Gasteiger partial charge on any atom is -0.462 e. The number of hydrogen-bond donors (Lipinski definition) is 2. The van der Waals surface area contributed by atoms with Crippen LogP contribution in [-0.2, 0) is 11.3 Å². The van der Waals surface area contributed by atoms with E-state index in [1.165, 1.54) is 11.3 Å². The van der Waals surface area contributed by atoms with Gasteiger partial charge in [0, 0.05) is 18.9 Å². The number of ether oxygens (including phenoxy) is 1. The molecule has 2 heterocycles. The highest BCUT2D eigenvalue weighted by Crippen LogP contribution is 2.24. The zero-order valence-electron chi connectivity index (χ0n) is 18.3. The van der Waals surface area contributed by atoms with Crippen LogP contribution in [0.3, 0.4) is 0 Å². The zero-order chi connectivity index (χ0) is 22.2. The maximum atomic E-state index is 12.1. The molecule has 2 N–H and O–H groups in total. The van der Waals surface area contributed by atoms with Gasteiger partial charge in [-0.2, -0.15) is 0 Å². The van der Waals surface area contributed by atoms with Crippen LogP contribution in [-0.4, -0.2) is 39.6 Å². The summed E-state index contributed by atoms with van der Waals surface area (Å²) in [6.45, 7) is 9.22. The first-order chi connectivity index (χ1) is 15.0. The van der Waals surface area contributed by atoms with Gasteiger partial charge in [-0.05, 0) is 39.3 Å². The summed E-state index contributed by atoms with van der Waals surface area (Å²) in [6, 6.07) is 7.99. The Morgan fingerprint density at radius 1 is 1.32 bits per heavy atom. The van der Waals surface area contributed by atoms with Crippen LogP contribution < -0.4 is 10.6 Å². The smallest absolute Gasteiger partial charge is 0.350 e. The van der Waals surface area contributed by atoms with E-state index in [-0.39, 0.29) is 12.0 Å². The van der Waals surface area contributed by atoms with E-state index in [0.29, 0.717) is 29.7 Å². The number of hydrogen-bond acceptors (Lipinski definition) is 6. The molecule has 9 heteroatoms. The molecule has 0 aliphatic rings. The van der Waals surface area contributed by atoms with Gasteiger partial charge in [-0.1, -0.05) is 18.2 Å². The van der Waals surface area contributed by atoms with Crippen LogP contribution in [0.25, 0.3) is 5.69 Å². The summed E-state index contributed by atoms with van der Waals surface area (Å²) in [7, 11) is 0. The quantitative estimate of drug-likeness (QED) is 0.316. The van der Waals surface area contributed by atoms with Gasteiger partial charge in [0.1, 0.15) is 9.88 Å². The predicted octanol–water partition coefficient (Wildman–Crippen LogP) is 3.63. The molecule has 3 rings (SSSR count). The van der Waals surface area contributed by atoms with Gasteiger partial charge >= 0.3 is 5.97 Å². The van der Waals surface area contributed by atoms with Crippen molar-refractivity contribution in [2.75, 3.05) is 13.2 Å². The van der Waals surface area contributed by atoms with Crippen molar-refractivity contribution in [2.24, 2.45) is 4.99 Å². The molecule has 0 radical (unpaired) electrons. The van der Waals surface area contributed by atoms with Gasteiger partial charge in [0.25, 0.3) is 0 Å². The Labute approximate surface area is 186 Å². The van der Waals surface area contributed by atoms with E-state index in [1.54, 1.807) is 19.4 Å². The predicted molar refractivity (Wildman–Crippen MR) is 123 cm³/mol. The van der Waals surface area contributed by atoms with E-state index in [9.17, 15) is 4.79 Å². The minimum absolute atomic E-state index is 0.117. The number of aliphatic imine (C=N–C) groups is 1. The van der Waals surface area contributed by atoms with Crippen molar-refractivity contribution in [2.45, 2.75) is 40.3 Å². The number of carbonyl (C=O) groups is 1. The molecular weight excluding hydrogens is 412 g/mol. The van der Waals surface area contributed by atoms with Gasteiger partial charge in [0.05, 0.1) is 36.9 Å². The van der Waals surface area contributed by atoms with Gasteiger partial charge in [0.2, 0.25) is 0 Å². The van der Waals surface area contributed by atoms with E-state index in [1.807, 2.05) is 49.7 Å². The van der Waals surface area contributed by atoms with Gasteiger partial charge in [-0.25, -0.2) is 19.8 Å². The summed E-state index contributed by atoms with van der Waals surface area (Å²) in [5.74, 6) is 0.355. The van der Waals surface area contributed by atoms with Crippen molar-refractivity contribution >= 4 is 23.3 Å². The van der Waals surface area contributed by atoms with Crippen LogP contribution in [0.1, 0.15) is 52.7 Å². The number of thiazole rings is 1. The maximum absolute atomic E-state index is 12.1. The summed E-state index contributed by atoms with van der Waals surface area (Å²) in [4.78, 5) is 26.1. The fraction of sp³-hybridized carbons (Fsp3) is 0.364. The van der Waals surface area contributed by atoms with Crippen molar-refractivity contribution in [1.29, 1.82) is 0 Å². The van der Waals surface area contributed by atoms with Crippen LogP contribution in [0, 0.1) is 6.92 Å². The maximum Gasteiger partial charge on any atom is 0.350 e. The Balaban J connectivity index is 1.75. The number of aryl methyl sites for hydroxylation is 1. The molecule has 3 aromatic rings. The number of guanidine groups is 1. The molecule has 0 fully saturated rings. The lowest BCUT2D eigenvalue weighted by Crippen LogP contribution is -2.38. The van der Waals surface area contributed by atoms with E-state index < -0.39 is 0 Å². The molecule has 0 bridgehead atoms. The molecule has 0 aliphatic carbocycles. The van der Waals surface area contributed by atoms with Crippen molar-refractivity contribution in [3.05, 3.63) is 64.1 Å². The minimum atomic E-state index is -0.326. The largest absolute Gasteiger partial charge is 0.462 e. The first-order valence-corrected chi connectivity index (χ1v) is 11.1. The first kappa shape index (κ1) is 22.5. The lowest BCUT2D eigenvalue weighted by atomic mass is 10.2. The Morgan fingerprint density at radius 3 is 2.84 bits per heavy atom. The molecule has 0 aliphatic heterocycles. The van der Waals surface area contributed by atoms with E-state index >= 15 is 0 Å². The fourth-order valence-corrected chi connectivity index (χ4v) is 4.00. The molecule has 31 heavy (non-hydrogen) atoms. The highest BCUT2D eigenvalue weighted by molar-refractivity contribution is 7.13. The Morgan fingerprint density at radius 2 is 2.13 bits per heavy atom. The monoisotopic (exact) mass is 440 g/mol. The molecule has 2 aromatic heterocycles. The van der Waals surface area contributed by atoms with Crippen LogP contribution in [0.4, 0.5) is 0 Å². The summed E-state index contributed by atoms with van der Waals surface area (Å²) in [5, 5.41) is 7.47. The average Bonchev–Trinajstić information content (AvgIpc) is 3.42. The molecule has 0 spiro atoms. The molecular formula is C22H28N6O2S. The van der Waals surface area contributed by atoms with Crippen molar-refractivity contribution in [3.8, 4) is 5.69 Å². The van der Waals surface area contributed by atoms with Crippen molar-refractivity contribution in [1.82, 2.24) is 25.2 Å². The van der Waals surface area contributed by atoms with Crippen LogP contribution >= 0.6 is 11.3 Å². The Bertz CT molecular complexity index is 1030. The molecule has 0 saturated carbocycles. The van der Waals surface area contributed by atoms with Crippen LogP contribution in [0.15, 0.2) is 48.0 Å². The van der Waals surface area contributed by atoms with Crippen molar-refractivity contribution < 1.29 is 9.53 Å². The first-order valence-electron chi connectivity index (χ1n) is 10.3. The standard InChI is InChI=1S/C22H28N6O2S/c1-5-24-22(25-13-17-9-7-8-10-18(17)28-12-11-23-14-28)27-16(4)20-26-15(3)19(31-20)21(29)30-6-2/h7-12,14,16H,5-6,13H2,1-4H3,(H2,24,25,27). The molecule has 1 aromatic carbocycles. The number of aromatic nitrogens is 3. The van der Waals surface area contributed by atoms with Crippen LogP contribution in [0.2, 0.25) is 0 Å². The molecule has 164 valence electrons. The highest BCUT2D eigenvalue weighted by atomic mass is 32.1. The number of benzene rings is 1. The summed E-state index contributed by atoms with van der Waals surface area (Å²) in [6.07, 6.45) is 5.45. The lowest BCUT2D eigenvalue weighted by Gasteiger charge is -2.16. The zero-order valence-corrected chi connectivity index (χ0v) is 19.1. The number of rotatable bonds is 8. The Kier molecular flexibility index (Phi) is 7.77. The van der Waals surface area contributed by atoms with Crippen LogP contribution in [0.5, 0.6) is 0 Å². The number of carbonyl (C=O) groups excluding carboxylic acids is 1. The molecule has 1 atom stereocenters. The fourth-order valence-electron chi connectivity index (χ4n) is 3.04. The van der Waals surface area contributed by atoms with Gasteiger partial charge in [-0.15, -0.1) is 11.3 Å². The van der Waals surface area contributed by atoms with Gasteiger partial charge in [-0.3, -0.25) is 0 Å².